The molecule has 0 spiro atoms. The number of benzene rings is 2. The Hall–Kier alpha value is -1.45. The van der Waals surface area contributed by atoms with E-state index in [2.05, 4.69) is 5.32 Å². The van der Waals surface area contributed by atoms with E-state index in [1.54, 1.807) is 24.3 Å². The molecule has 0 aliphatic rings. The van der Waals surface area contributed by atoms with E-state index >= 15 is 0 Å². The van der Waals surface area contributed by atoms with Gasteiger partial charge in [0.1, 0.15) is 5.82 Å². The highest BCUT2D eigenvalue weighted by Gasteiger charge is 2.04. The quantitative estimate of drug-likeness (QED) is 0.824. The molecule has 2 aromatic carbocycles. The van der Waals surface area contributed by atoms with Crippen LogP contribution >= 0.6 is 23.2 Å². The average Bonchev–Trinajstić information content (AvgIpc) is 2.30. The zero-order chi connectivity index (χ0) is 13.1. The third-order valence-electron chi connectivity index (χ3n) is 2.48. The summed E-state index contributed by atoms with van der Waals surface area (Å²) < 4.78 is 12.9. The monoisotopic (exact) mass is 284 g/mol. The molecule has 2 rings (SSSR count). The molecule has 0 fully saturated rings. The van der Waals surface area contributed by atoms with Crippen LogP contribution in [0.3, 0.4) is 0 Å². The number of rotatable bonds is 3. The summed E-state index contributed by atoms with van der Waals surface area (Å²) in [4.78, 5) is 0. The minimum atomic E-state index is -0.353. The molecule has 0 aliphatic heterocycles. The van der Waals surface area contributed by atoms with Gasteiger partial charge in [0.2, 0.25) is 0 Å². The van der Waals surface area contributed by atoms with Crippen molar-refractivity contribution in [2.45, 2.75) is 6.54 Å². The maximum Gasteiger partial charge on any atom is 0.124 e. The fourth-order valence-electron chi connectivity index (χ4n) is 1.53. The molecule has 0 unspecified atom stereocenters. The van der Waals surface area contributed by atoms with E-state index in [4.69, 9.17) is 28.9 Å². The van der Waals surface area contributed by atoms with Crippen molar-refractivity contribution in [3.8, 4) is 0 Å². The molecule has 18 heavy (non-hydrogen) atoms. The molecule has 0 heterocycles. The lowest BCUT2D eigenvalue weighted by Crippen LogP contribution is -2.01. The number of hydrogen-bond donors (Lipinski definition) is 2. The zero-order valence-electron chi connectivity index (χ0n) is 9.38. The number of nitrogen functional groups attached to an aromatic ring is 1. The van der Waals surface area contributed by atoms with Crippen LogP contribution in [0.4, 0.5) is 15.8 Å². The molecule has 94 valence electrons. The highest BCUT2D eigenvalue weighted by molar-refractivity contribution is 6.33. The summed E-state index contributed by atoms with van der Waals surface area (Å²) >= 11 is 12.0. The molecule has 0 saturated heterocycles. The van der Waals surface area contributed by atoms with Crippen molar-refractivity contribution in [3.63, 3.8) is 0 Å². The Morgan fingerprint density at radius 1 is 1.06 bits per heavy atom. The molecule has 0 aliphatic carbocycles. The van der Waals surface area contributed by atoms with Gasteiger partial charge < -0.3 is 11.1 Å². The molecule has 0 saturated carbocycles. The van der Waals surface area contributed by atoms with Crippen molar-refractivity contribution in [1.29, 1.82) is 0 Å². The summed E-state index contributed by atoms with van der Waals surface area (Å²) in [6, 6.07) is 9.48. The van der Waals surface area contributed by atoms with E-state index in [9.17, 15) is 4.39 Å². The van der Waals surface area contributed by atoms with E-state index in [0.717, 1.165) is 11.3 Å². The Balaban J connectivity index is 2.11. The predicted octanol–water partition coefficient (Wildman–Crippen LogP) is 4.33. The van der Waals surface area contributed by atoms with Gasteiger partial charge in [-0.05, 0) is 35.9 Å². The predicted molar refractivity (Wildman–Crippen MR) is 74.6 cm³/mol. The maximum absolute atomic E-state index is 12.9. The van der Waals surface area contributed by atoms with E-state index in [1.807, 2.05) is 0 Å². The fraction of sp³-hybridized carbons (Fsp3) is 0.0769. The number of nitrogens with two attached hydrogens (primary N) is 1. The van der Waals surface area contributed by atoms with Crippen LogP contribution in [-0.4, -0.2) is 0 Å². The van der Waals surface area contributed by atoms with Crippen molar-refractivity contribution in [3.05, 3.63) is 57.8 Å². The molecule has 2 nitrogen and oxygen atoms in total. The summed E-state index contributed by atoms with van der Waals surface area (Å²) in [5.41, 5.74) is 7.76. The van der Waals surface area contributed by atoms with E-state index in [0.29, 0.717) is 22.3 Å². The van der Waals surface area contributed by atoms with Gasteiger partial charge in [-0.1, -0.05) is 29.3 Å². The second kappa shape index (κ2) is 5.46. The van der Waals surface area contributed by atoms with Gasteiger partial charge in [0.05, 0.1) is 10.7 Å². The maximum atomic E-state index is 12.9. The summed E-state index contributed by atoms with van der Waals surface area (Å²) in [6.45, 7) is 0.461. The second-order valence-electron chi connectivity index (χ2n) is 3.83. The fourth-order valence-corrected chi connectivity index (χ4v) is 2.02. The van der Waals surface area contributed by atoms with Gasteiger partial charge in [-0.15, -0.1) is 0 Å². The van der Waals surface area contributed by atoms with Gasteiger partial charge in [-0.25, -0.2) is 4.39 Å². The van der Waals surface area contributed by atoms with Gasteiger partial charge in [-0.2, -0.15) is 0 Å². The molecule has 0 radical (unpaired) electrons. The van der Waals surface area contributed by atoms with Crippen LogP contribution in [0.25, 0.3) is 0 Å². The summed E-state index contributed by atoms with van der Waals surface area (Å²) in [5, 5.41) is 4.04. The van der Waals surface area contributed by atoms with Crippen LogP contribution in [0, 0.1) is 5.82 Å². The first-order valence-corrected chi connectivity index (χ1v) is 6.04. The highest BCUT2D eigenvalue weighted by atomic mass is 35.5. The molecule has 2 aromatic rings. The Bertz CT molecular complexity index is 521. The molecule has 5 heteroatoms. The van der Waals surface area contributed by atoms with E-state index in [1.165, 1.54) is 12.1 Å². The van der Waals surface area contributed by atoms with Gasteiger partial charge in [0.15, 0.2) is 0 Å². The van der Waals surface area contributed by atoms with Crippen LogP contribution < -0.4 is 11.1 Å². The number of anilines is 2. The number of hydrogen-bond acceptors (Lipinski definition) is 2. The standard InChI is InChI=1S/C13H11Cl2FN2/c14-11-5-9(16)2-1-8(11)7-18-13-4-3-10(17)6-12(13)15/h1-6,18H,7,17H2. The third-order valence-corrected chi connectivity index (χ3v) is 3.14. The van der Waals surface area contributed by atoms with Crippen molar-refractivity contribution in [2.75, 3.05) is 11.1 Å². The smallest absolute Gasteiger partial charge is 0.124 e. The Kier molecular flexibility index (Phi) is 3.94. The topological polar surface area (TPSA) is 38.0 Å². The average molecular weight is 285 g/mol. The Labute approximate surface area is 115 Å². The van der Waals surface area contributed by atoms with Crippen molar-refractivity contribution >= 4 is 34.6 Å². The summed E-state index contributed by atoms with van der Waals surface area (Å²) in [6.07, 6.45) is 0. The zero-order valence-corrected chi connectivity index (χ0v) is 10.9. The molecular weight excluding hydrogens is 274 g/mol. The largest absolute Gasteiger partial charge is 0.399 e. The SMILES string of the molecule is Nc1ccc(NCc2ccc(F)cc2Cl)c(Cl)c1. The Morgan fingerprint density at radius 3 is 2.50 bits per heavy atom. The first kappa shape index (κ1) is 13.0. The summed E-state index contributed by atoms with van der Waals surface area (Å²) in [7, 11) is 0. The molecular formula is C13H11Cl2FN2. The lowest BCUT2D eigenvalue weighted by molar-refractivity contribution is 0.627. The number of nitrogens with one attached hydrogen (secondary N) is 1. The highest BCUT2D eigenvalue weighted by Crippen LogP contribution is 2.25. The van der Waals surface area contributed by atoms with Crippen LogP contribution in [-0.2, 0) is 6.54 Å². The minimum Gasteiger partial charge on any atom is -0.399 e. The minimum absolute atomic E-state index is 0.353. The molecule has 0 amide bonds. The van der Waals surface area contributed by atoms with E-state index < -0.39 is 0 Å². The van der Waals surface area contributed by atoms with Gasteiger partial charge >= 0.3 is 0 Å². The normalized spacial score (nSPS) is 10.4. The van der Waals surface area contributed by atoms with Gasteiger partial charge in [-0.3, -0.25) is 0 Å². The van der Waals surface area contributed by atoms with Crippen molar-refractivity contribution in [2.24, 2.45) is 0 Å². The molecule has 3 N–H and O–H groups in total. The molecule has 0 aromatic heterocycles. The number of halogens is 3. The van der Waals surface area contributed by atoms with E-state index in [-0.39, 0.29) is 5.82 Å². The molecule has 0 atom stereocenters. The van der Waals surface area contributed by atoms with Crippen LogP contribution in [0.15, 0.2) is 36.4 Å². The van der Waals surface area contributed by atoms with Gasteiger partial charge in [0, 0.05) is 17.3 Å². The second-order valence-corrected chi connectivity index (χ2v) is 4.64. The summed E-state index contributed by atoms with van der Waals surface area (Å²) in [5.74, 6) is -0.353. The van der Waals surface area contributed by atoms with Crippen LogP contribution in [0.1, 0.15) is 5.56 Å². The van der Waals surface area contributed by atoms with Crippen molar-refractivity contribution in [1.82, 2.24) is 0 Å². The first-order valence-electron chi connectivity index (χ1n) is 5.29. The van der Waals surface area contributed by atoms with Crippen LogP contribution in [0.5, 0.6) is 0 Å². The van der Waals surface area contributed by atoms with Crippen LogP contribution in [0.2, 0.25) is 10.0 Å². The third kappa shape index (κ3) is 3.06. The Morgan fingerprint density at radius 2 is 1.83 bits per heavy atom. The van der Waals surface area contributed by atoms with Gasteiger partial charge in [0.25, 0.3) is 0 Å². The molecule has 0 bridgehead atoms. The van der Waals surface area contributed by atoms with Crippen molar-refractivity contribution < 1.29 is 4.39 Å². The lowest BCUT2D eigenvalue weighted by atomic mass is 10.2. The lowest BCUT2D eigenvalue weighted by Gasteiger charge is -2.10. The first-order chi connectivity index (χ1) is 8.56.